The van der Waals surface area contributed by atoms with Gasteiger partial charge in [-0.1, -0.05) is 25.1 Å². The molecule has 3 aromatic heterocycles. The third kappa shape index (κ3) is 4.50. The Bertz CT molecular complexity index is 1310. The van der Waals surface area contributed by atoms with Gasteiger partial charge in [0.2, 0.25) is 5.91 Å². The monoisotopic (exact) mass is 445 g/mol. The molecule has 0 saturated carbocycles. The standard InChI is InChI=1S/C25H27N5O3/c1-5-12-30(15-22(31)26-19-10-7-6-9-16(19)2)25(32)18-14-20(21-11-8-13-33-21)27-24-23(18)17(3)28-29(24)4/h6-11,13-14H,5,12,15H2,1-4H3,(H,26,31). The van der Waals surface area contributed by atoms with Crippen LogP contribution in [0.1, 0.15) is 35.0 Å². The van der Waals surface area contributed by atoms with Crippen molar-refractivity contribution in [1.82, 2.24) is 19.7 Å². The quantitative estimate of drug-likeness (QED) is 0.457. The number of benzene rings is 1. The number of anilines is 1. The normalized spacial score (nSPS) is 11.0. The van der Waals surface area contributed by atoms with Crippen molar-refractivity contribution in [3.63, 3.8) is 0 Å². The van der Waals surface area contributed by atoms with E-state index in [1.165, 1.54) is 0 Å². The van der Waals surface area contributed by atoms with E-state index in [2.05, 4.69) is 15.4 Å². The Morgan fingerprint density at radius 1 is 1.15 bits per heavy atom. The number of amides is 2. The van der Waals surface area contributed by atoms with E-state index in [1.54, 1.807) is 41.1 Å². The van der Waals surface area contributed by atoms with Gasteiger partial charge in [-0.3, -0.25) is 14.3 Å². The van der Waals surface area contributed by atoms with Crippen LogP contribution in [0.4, 0.5) is 5.69 Å². The van der Waals surface area contributed by atoms with Crippen LogP contribution in [0.25, 0.3) is 22.5 Å². The van der Waals surface area contributed by atoms with Gasteiger partial charge in [0, 0.05) is 19.3 Å². The molecule has 0 fully saturated rings. The first kappa shape index (κ1) is 22.3. The average molecular weight is 446 g/mol. The average Bonchev–Trinajstić information content (AvgIpc) is 3.43. The summed E-state index contributed by atoms with van der Waals surface area (Å²) >= 11 is 0. The number of pyridine rings is 1. The third-order valence-electron chi connectivity index (χ3n) is 5.51. The maximum Gasteiger partial charge on any atom is 0.255 e. The number of rotatable bonds is 7. The molecule has 0 radical (unpaired) electrons. The Balaban J connectivity index is 1.70. The summed E-state index contributed by atoms with van der Waals surface area (Å²) in [4.78, 5) is 32.8. The number of hydrogen-bond acceptors (Lipinski definition) is 5. The molecular formula is C25H27N5O3. The van der Waals surface area contributed by atoms with Gasteiger partial charge in [0.15, 0.2) is 11.4 Å². The molecule has 1 N–H and O–H groups in total. The van der Waals surface area contributed by atoms with E-state index >= 15 is 0 Å². The van der Waals surface area contributed by atoms with Gasteiger partial charge in [0.25, 0.3) is 5.91 Å². The molecule has 3 heterocycles. The second kappa shape index (κ2) is 9.28. The minimum Gasteiger partial charge on any atom is -0.463 e. The van der Waals surface area contributed by atoms with Crippen LogP contribution >= 0.6 is 0 Å². The van der Waals surface area contributed by atoms with Crippen LogP contribution in [0.2, 0.25) is 0 Å². The molecule has 0 saturated heterocycles. The lowest BCUT2D eigenvalue weighted by molar-refractivity contribution is -0.116. The Morgan fingerprint density at radius 3 is 2.64 bits per heavy atom. The van der Waals surface area contributed by atoms with Crippen molar-refractivity contribution in [1.29, 1.82) is 0 Å². The molecule has 0 aliphatic carbocycles. The number of carbonyl (C=O) groups excluding carboxylic acids is 2. The van der Waals surface area contributed by atoms with Crippen LogP contribution in [0.5, 0.6) is 0 Å². The zero-order chi connectivity index (χ0) is 23.5. The van der Waals surface area contributed by atoms with Gasteiger partial charge in [-0.15, -0.1) is 0 Å². The van der Waals surface area contributed by atoms with E-state index in [-0.39, 0.29) is 18.4 Å². The van der Waals surface area contributed by atoms with Crippen molar-refractivity contribution in [3.05, 3.63) is 65.5 Å². The largest absolute Gasteiger partial charge is 0.463 e. The van der Waals surface area contributed by atoms with Crippen molar-refractivity contribution in [2.75, 3.05) is 18.4 Å². The fraction of sp³-hybridized carbons (Fsp3) is 0.280. The molecule has 0 aliphatic rings. The number of hydrogen-bond donors (Lipinski definition) is 1. The first-order chi connectivity index (χ1) is 15.9. The summed E-state index contributed by atoms with van der Waals surface area (Å²) in [6.45, 7) is 6.15. The minimum absolute atomic E-state index is 0.0553. The second-order valence-corrected chi connectivity index (χ2v) is 8.03. The highest BCUT2D eigenvalue weighted by atomic mass is 16.3. The Morgan fingerprint density at radius 2 is 1.94 bits per heavy atom. The second-order valence-electron chi connectivity index (χ2n) is 8.03. The van der Waals surface area contributed by atoms with Gasteiger partial charge in [0.05, 0.1) is 22.9 Å². The van der Waals surface area contributed by atoms with E-state index in [4.69, 9.17) is 4.42 Å². The van der Waals surface area contributed by atoms with E-state index in [0.29, 0.717) is 46.7 Å². The lowest BCUT2D eigenvalue weighted by Crippen LogP contribution is -2.38. The topological polar surface area (TPSA) is 93.3 Å². The number of furan rings is 1. The molecule has 1 aromatic carbocycles. The Kier molecular flexibility index (Phi) is 6.26. The molecule has 0 unspecified atom stereocenters. The van der Waals surface area contributed by atoms with Gasteiger partial charge in [-0.2, -0.15) is 5.10 Å². The highest BCUT2D eigenvalue weighted by Gasteiger charge is 2.25. The van der Waals surface area contributed by atoms with Crippen molar-refractivity contribution >= 4 is 28.5 Å². The number of fused-ring (bicyclic) bond motifs is 1. The summed E-state index contributed by atoms with van der Waals surface area (Å²) in [5.41, 5.74) is 3.99. The molecule has 0 aliphatic heterocycles. The fourth-order valence-corrected chi connectivity index (χ4v) is 3.93. The first-order valence-electron chi connectivity index (χ1n) is 10.9. The van der Waals surface area contributed by atoms with Gasteiger partial charge >= 0.3 is 0 Å². The smallest absolute Gasteiger partial charge is 0.255 e. The van der Waals surface area contributed by atoms with E-state index in [9.17, 15) is 9.59 Å². The molecule has 8 heteroatoms. The van der Waals surface area contributed by atoms with Crippen LogP contribution in [-0.4, -0.2) is 44.6 Å². The predicted octanol–water partition coefficient (Wildman–Crippen LogP) is 4.34. The Labute approximate surface area is 192 Å². The van der Waals surface area contributed by atoms with Crippen molar-refractivity contribution < 1.29 is 14.0 Å². The molecule has 0 spiro atoms. The maximum absolute atomic E-state index is 13.7. The summed E-state index contributed by atoms with van der Waals surface area (Å²) in [7, 11) is 1.79. The molecule has 8 nitrogen and oxygen atoms in total. The summed E-state index contributed by atoms with van der Waals surface area (Å²) in [5.74, 6) is 0.0720. The van der Waals surface area contributed by atoms with E-state index in [1.807, 2.05) is 45.0 Å². The zero-order valence-electron chi connectivity index (χ0n) is 19.3. The van der Waals surface area contributed by atoms with Crippen molar-refractivity contribution in [2.24, 2.45) is 7.05 Å². The third-order valence-corrected chi connectivity index (χ3v) is 5.51. The van der Waals surface area contributed by atoms with Crippen molar-refractivity contribution in [2.45, 2.75) is 27.2 Å². The first-order valence-corrected chi connectivity index (χ1v) is 10.9. The summed E-state index contributed by atoms with van der Waals surface area (Å²) in [6.07, 6.45) is 2.28. The van der Waals surface area contributed by atoms with Gasteiger partial charge < -0.3 is 14.6 Å². The van der Waals surface area contributed by atoms with Crippen LogP contribution in [0, 0.1) is 13.8 Å². The summed E-state index contributed by atoms with van der Waals surface area (Å²) in [5, 5.41) is 8.06. The predicted molar refractivity (Wildman–Crippen MR) is 127 cm³/mol. The summed E-state index contributed by atoms with van der Waals surface area (Å²) in [6, 6.07) is 12.9. The maximum atomic E-state index is 13.7. The van der Waals surface area contributed by atoms with E-state index in [0.717, 1.165) is 11.3 Å². The highest BCUT2D eigenvalue weighted by Crippen LogP contribution is 2.28. The molecule has 4 aromatic rings. The van der Waals surface area contributed by atoms with Crippen LogP contribution < -0.4 is 5.32 Å². The number of para-hydroxylation sites is 1. The fourth-order valence-electron chi connectivity index (χ4n) is 3.93. The number of nitrogens with one attached hydrogen (secondary N) is 1. The van der Waals surface area contributed by atoms with Crippen LogP contribution in [0.15, 0.2) is 53.1 Å². The van der Waals surface area contributed by atoms with Gasteiger partial charge in [0.1, 0.15) is 12.2 Å². The van der Waals surface area contributed by atoms with E-state index < -0.39 is 0 Å². The highest BCUT2D eigenvalue weighted by molar-refractivity contribution is 6.08. The zero-order valence-corrected chi connectivity index (χ0v) is 19.3. The lowest BCUT2D eigenvalue weighted by atomic mass is 10.1. The molecular weight excluding hydrogens is 418 g/mol. The molecule has 0 atom stereocenters. The molecule has 0 bridgehead atoms. The van der Waals surface area contributed by atoms with Crippen LogP contribution in [0.3, 0.4) is 0 Å². The minimum atomic E-state index is -0.245. The SMILES string of the molecule is CCCN(CC(=O)Nc1ccccc1C)C(=O)c1cc(-c2ccco2)nc2c1c(C)nn2C. The van der Waals surface area contributed by atoms with Crippen LogP contribution in [-0.2, 0) is 11.8 Å². The molecule has 2 amide bonds. The van der Waals surface area contributed by atoms with Crippen molar-refractivity contribution in [3.8, 4) is 11.5 Å². The number of aryl methyl sites for hydroxylation is 3. The molecule has 33 heavy (non-hydrogen) atoms. The summed E-state index contributed by atoms with van der Waals surface area (Å²) < 4.78 is 7.17. The number of aromatic nitrogens is 3. The number of carbonyl (C=O) groups is 2. The van der Waals surface area contributed by atoms with Gasteiger partial charge in [-0.05, 0) is 50.1 Å². The number of nitrogens with zero attached hydrogens (tertiary/aromatic N) is 4. The lowest BCUT2D eigenvalue weighted by Gasteiger charge is -2.22. The molecule has 4 rings (SSSR count). The van der Waals surface area contributed by atoms with Gasteiger partial charge in [-0.25, -0.2) is 4.98 Å². The molecule has 170 valence electrons. The Hall–Kier alpha value is -3.94.